The Labute approximate surface area is 345 Å². The fourth-order valence-electron chi connectivity index (χ4n) is 7.82. The van der Waals surface area contributed by atoms with E-state index in [2.05, 4.69) is 20.3 Å². The Morgan fingerprint density at radius 2 is 1.82 bits per heavy atom. The van der Waals surface area contributed by atoms with Crippen LogP contribution in [0.5, 0.6) is 11.6 Å². The predicted molar refractivity (Wildman–Crippen MR) is 208 cm³/mol. The molecule has 330 valence electrons. The molecule has 0 spiro atoms. The minimum absolute atomic E-state index is 0.0533. The number of fused-ring (bicyclic) bond motifs is 3. The summed E-state index contributed by atoms with van der Waals surface area (Å²) in [5.41, 5.74) is -4.65. The normalized spacial score (nSPS) is 28.9. The van der Waals surface area contributed by atoms with Crippen LogP contribution < -0.4 is 24.8 Å². The van der Waals surface area contributed by atoms with Crippen LogP contribution in [0.2, 0.25) is 0 Å². The summed E-state index contributed by atoms with van der Waals surface area (Å²) in [4.78, 5) is 62.1. The number of nitrogens with one attached hydrogen (secondary N) is 3. The summed E-state index contributed by atoms with van der Waals surface area (Å²) in [5, 5.41) is 5.76. The number of alkyl carbamates (subject to hydrolysis) is 1. The van der Waals surface area contributed by atoms with Gasteiger partial charge in [0.05, 0.1) is 36.6 Å². The molecule has 1 unspecified atom stereocenters. The first-order valence-electron chi connectivity index (χ1n) is 19.7. The number of amides is 4. The number of sulfonamides is 1. The molecule has 7 atom stereocenters. The quantitative estimate of drug-likeness (QED) is 0.222. The molecule has 4 aliphatic rings. The van der Waals surface area contributed by atoms with Crippen LogP contribution in [0.3, 0.4) is 0 Å². The number of aromatic nitrogens is 1. The number of carbonyl (C=O) groups is 4. The number of methoxy groups -OCH3 is 2. The van der Waals surface area contributed by atoms with Crippen molar-refractivity contribution < 1.29 is 64.1 Å². The van der Waals surface area contributed by atoms with Crippen LogP contribution in [0.15, 0.2) is 36.5 Å². The highest BCUT2D eigenvalue weighted by Crippen LogP contribution is 2.48. The maximum atomic E-state index is 14.9. The number of pyridine rings is 1. The van der Waals surface area contributed by atoms with Crippen molar-refractivity contribution in [2.24, 2.45) is 17.8 Å². The highest BCUT2D eigenvalue weighted by atomic mass is 32.2. The van der Waals surface area contributed by atoms with Crippen molar-refractivity contribution in [1.29, 1.82) is 0 Å². The highest BCUT2D eigenvalue weighted by molar-refractivity contribution is 7.91. The van der Waals surface area contributed by atoms with E-state index >= 15 is 0 Å². The number of alkyl halides is 3. The van der Waals surface area contributed by atoms with Gasteiger partial charge in [0.25, 0.3) is 5.91 Å². The molecule has 0 radical (unpaired) electrons. The maximum absolute atomic E-state index is 14.9. The largest absolute Gasteiger partial charge is 0.494 e. The van der Waals surface area contributed by atoms with E-state index in [1.807, 2.05) is 13.0 Å². The number of hydrogen-bond acceptors (Lipinski definition) is 11. The molecule has 60 heavy (non-hydrogen) atoms. The average molecular weight is 870 g/mol. The number of hydrogen-bond donors (Lipinski definition) is 3. The molecule has 2 saturated carbocycles. The highest BCUT2D eigenvalue weighted by Gasteiger charge is 2.63. The second-order valence-electron chi connectivity index (χ2n) is 17.0. The molecule has 1 saturated heterocycles. The number of carbonyl (C=O) groups excluding carboxylic acids is 4. The number of ether oxygens (including phenoxy) is 4. The fraction of sp³-hybridized carbons (Fsp3) is 0.625. The van der Waals surface area contributed by atoms with E-state index in [9.17, 15) is 45.2 Å². The molecule has 1 aromatic carbocycles. The van der Waals surface area contributed by atoms with Crippen LogP contribution in [-0.4, -0.2) is 110 Å². The smallest absolute Gasteiger partial charge is 0.427 e. The van der Waals surface area contributed by atoms with E-state index in [1.54, 1.807) is 6.08 Å². The van der Waals surface area contributed by atoms with Gasteiger partial charge in [-0.1, -0.05) is 19.1 Å². The molecule has 6 rings (SSSR count). The van der Waals surface area contributed by atoms with E-state index in [-0.39, 0.29) is 49.6 Å². The summed E-state index contributed by atoms with van der Waals surface area (Å²) < 4.78 is 105. The van der Waals surface area contributed by atoms with Crippen LogP contribution >= 0.6 is 0 Å². The molecular formula is C40H51F4N5O10S. The standard InChI is InChI=1S/C40H51F4N5O10S/c1-22-9-7-8-10-24-18-39(24,35(52)48-60(54,55)38(4)13-14-38)47-32(50)29-17-26(58-33-28-16-25(41)11-12-27(28)30(57-6)19-45-33)20-49(29)34(51)31(23(15-22)21-56-5)46-36(53)59-37(2,3)40(42,43)44/h8,10-12,16,19,22-24,26,29,31H,7,9,13-15,17-18,20-21H2,1-6H3,(H,46,53)(H,47,50)(H,48,52)/b10-8-/t22-,23+,24?,26-,29+,31+,39-/m1/s1. The molecule has 2 aliphatic carbocycles. The minimum Gasteiger partial charge on any atom is -0.494 e. The van der Waals surface area contributed by atoms with E-state index < -0.39 is 91.7 Å². The number of benzene rings is 1. The molecule has 3 fully saturated rings. The van der Waals surface area contributed by atoms with Gasteiger partial charge in [-0.3, -0.25) is 19.1 Å². The SMILES string of the molecule is COC[C@@H]1C[C@H](C)CC/C=C\C2C[C@@]2(C(=O)NS(=O)(=O)C2(C)CC2)NC(=O)[C@@H]2C[C@@H](Oc3ncc(OC)c4ccc(F)cc34)CN2C(=O)[C@H]1NC(=O)OC(C)(C)C(F)(F)F. The van der Waals surface area contributed by atoms with Crippen molar-refractivity contribution >= 4 is 44.6 Å². The van der Waals surface area contributed by atoms with E-state index in [4.69, 9.17) is 18.9 Å². The van der Waals surface area contributed by atoms with Crippen molar-refractivity contribution in [2.45, 2.75) is 113 Å². The van der Waals surface area contributed by atoms with E-state index in [0.717, 1.165) is 4.90 Å². The molecule has 20 heteroatoms. The van der Waals surface area contributed by atoms with Crippen molar-refractivity contribution in [3.05, 3.63) is 42.4 Å². The Morgan fingerprint density at radius 3 is 2.47 bits per heavy atom. The Hall–Kier alpha value is -4.72. The third-order valence-corrected chi connectivity index (χ3v) is 14.2. The summed E-state index contributed by atoms with van der Waals surface area (Å²) in [7, 11) is -1.35. The van der Waals surface area contributed by atoms with Gasteiger partial charge in [-0.2, -0.15) is 13.2 Å². The van der Waals surface area contributed by atoms with Gasteiger partial charge in [0.15, 0.2) is 0 Å². The first-order chi connectivity index (χ1) is 28.0. The molecule has 2 aromatic rings. The lowest BCUT2D eigenvalue weighted by atomic mass is 9.87. The molecule has 2 aliphatic heterocycles. The summed E-state index contributed by atoms with van der Waals surface area (Å²) in [6, 6.07) is 0.833. The first-order valence-corrected chi connectivity index (χ1v) is 21.2. The van der Waals surface area contributed by atoms with Gasteiger partial charge in [0.2, 0.25) is 33.3 Å². The zero-order valence-electron chi connectivity index (χ0n) is 34.2. The van der Waals surface area contributed by atoms with Crippen LogP contribution in [0.1, 0.15) is 72.6 Å². The summed E-state index contributed by atoms with van der Waals surface area (Å²) >= 11 is 0. The summed E-state index contributed by atoms with van der Waals surface area (Å²) in [6.07, 6.45) is -0.830. The number of halogens is 4. The molecule has 1 aromatic heterocycles. The van der Waals surface area contributed by atoms with Gasteiger partial charge in [-0.15, -0.1) is 0 Å². The monoisotopic (exact) mass is 869 g/mol. The van der Waals surface area contributed by atoms with E-state index in [1.165, 1.54) is 45.5 Å². The van der Waals surface area contributed by atoms with Crippen LogP contribution in [0, 0.1) is 23.6 Å². The van der Waals surface area contributed by atoms with Gasteiger partial charge in [0.1, 0.15) is 35.3 Å². The molecule has 15 nitrogen and oxygen atoms in total. The molecule has 0 bridgehead atoms. The van der Waals surface area contributed by atoms with Gasteiger partial charge in [-0.05, 0) is 83.4 Å². The van der Waals surface area contributed by atoms with Gasteiger partial charge in [0, 0.05) is 30.8 Å². The summed E-state index contributed by atoms with van der Waals surface area (Å²) in [6.45, 7) is 4.25. The topological polar surface area (TPSA) is 192 Å². The lowest BCUT2D eigenvalue weighted by molar-refractivity contribution is -0.244. The van der Waals surface area contributed by atoms with Gasteiger partial charge in [-0.25, -0.2) is 22.6 Å². The Bertz CT molecular complexity index is 2150. The van der Waals surface area contributed by atoms with Gasteiger partial charge < -0.3 is 34.5 Å². The molecule has 3 heterocycles. The second kappa shape index (κ2) is 16.6. The Morgan fingerprint density at radius 1 is 1.10 bits per heavy atom. The third kappa shape index (κ3) is 9.13. The zero-order chi connectivity index (χ0) is 44.0. The predicted octanol–water partition coefficient (Wildman–Crippen LogP) is 4.68. The summed E-state index contributed by atoms with van der Waals surface area (Å²) in [5.74, 6) is -4.64. The molecular weight excluding hydrogens is 819 g/mol. The van der Waals surface area contributed by atoms with Crippen molar-refractivity contribution in [2.75, 3.05) is 27.4 Å². The maximum Gasteiger partial charge on any atom is 0.427 e. The lowest BCUT2D eigenvalue weighted by Crippen LogP contribution is -2.60. The zero-order valence-corrected chi connectivity index (χ0v) is 35.0. The number of rotatable bonds is 10. The number of allylic oxidation sites excluding steroid dienone is 1. The van der Waals surface area contributed by atoms with Crippen LogP contribution in [0.4, 0.5) is 22.4 Å². The Balaban J connectivity index is 1.39. The van der Waals surface area contributed by atoms with Gasteiger partial charge >= 0.3 is 12.3 Å². The average Bonchev–Trinajstić information content (AvgIpc) is 4.04. The first kappa shape index (κ1) is 44.8. The van der Waals surface area contributed by atoms with Crippen molar-refractivity contribution in [1.82, 2.24) is 25.2 Å². The number of nitrogens with zero attached hydrogens (tertiary/aromatic N) is 2. The van der Waals surface area contributed by atoms with Crippen molar-refractivity contribution in [3.63, 3.8) is 0 Å². The van der Waals surface area contributed by atoms with Crippen LogP contribution in [-0.2, 0) is 33.9 Å². The third-order valence-electron chi connectivity index (χ3n) is 12.0. The minimum atomic E-state index is -4.96. The fourth-order valence-corrected chi connectivity index (χ4v) is 9.13. The van der Waals surface area contributed by atoms with Crippen molar-refractivity contribution in [3.8, 4) is 11.6 Å². The molecule has 4 amide bonds. The lowest BCUT2D eigenvalue weighted by Gasteiger charge is -2.35. The van der Waals surface area contributed by atoms with Crippen LogP contribution in [0.25, 0.3) is 10.8 Å². The Kier molecular flexibility index (Phi) is 12.4. The van der Waals surface area contributed by atoms with E-state index in [0.29, 0.717) is 50.7 Å². The molecule has 3 N–H and O–H groups in total. The second-order valence-corrected chi connectivity index (χ2v) is 19.2.